The molecular formula is C21H22N2O5. The molecular weight excluding hydrogens is 360 g/mol. The topological polar surface area (TPSA) is 92.8 Å². The van der Waals surface area contributed by atoms with Gasteiger partial charge in [0.2, 0.25) is 17.7 Å². The molecule has 2 bridgehead atoms. The van der Waals surface area contributed by atoms with Crippen molar-refractivity contribution in [3.8, 4) is 0 Å². The lowest BCUT2D eigenvalue weighted by molar-refractivity contribution is -0.146. The maximum absolute atomic E-state index is 12.8. The zero-order chi connectivity index (χ0) is 20.0. The first-order chi connectivity index (χ1) is 13.4. The minimum Gasteiger partial charge on any atom is -0.462 e. The molecule has 1 saturated heterocycles. The first kappa shape index (κ1) is 18.4. The summed E-state index contributed by atoms with van der Waals surface area (Å²) in [5.41, 5.74) is 0.861. The highest BCUT2D eigenvalue weighted by Gasteiger charge is 2.60. The Morgan fingerprint density at radius 2 is 1.68 bits per heavy atom. The highest BCUT2D eigenvalue weighted by Crippen LogP contribution is 2.52. The van der Waals surface area contributed by atoms with Crippen LogP contribution in [0.2, 0.25) is 0 Å². The van der Waals surface area contributed by atoms with Gasteiger partial charge in [0.1, 0.15) is 6.04 Å². The molecule has 1 aromatic rings. The molecule has 0 aromatic heterocycles. The Hall–Kier alpha value is -2.96. The Labute approximate surface area is 162 Å². The Morgan fingerprint density at radius 1 is 1.11 bits per heavy atom. The zero-order valence-electron chi connectivity index (χ0n) is 15.8. The molecule has 1 aliphatic heterocycles. The van der Waals surface area contributed by atoms with E-state index in [4.69, 9.17) is 4.74 Å². The molecule has 5 atom stereocenters. The van der Waals surface area contributed by atoms with Crippen LogP contribution in [0.1, 0.15) is 30.6 Å². The van der Waals surface area contributed by atoms with Gasteiger partial charge >= 0.3 is 5.97 Å². The molecule has 0 unspecified atom stereocenters. The van der Waals surface area contributed by atoms with E-state index in [9.17, 15) is 19.2 Å². The van der Waals surface area contributed by atoms with Crippen LogP contribution in [-0.2, 0) is 19.1 Å². The number of ether oxygens (including phenoxy) is 1. The molecule has 4 rings (SSSR count). The summed E-state index contributed by atoms with van der Waals surface area (Å²) >= 11 is 0. The standard InChI is InChI=1S/C21H22N2O5/c1-3-28-21(27)12-6-8-15(9-7-12)22-18(24)11(2)23-19(25)16-13-4-5-14(10-13)17(16)20(23)26/h4-9,11,13-14,16-17H,3,10H2,1-2H3,(H,22,24)/t11-,13-,14+,16+,17+/m1/s1. The molecule has 2 fully saturated rings. The first-order valence-corrected chi connectivity index (χ1v) is 9.55. The van der Waals surface area contributed by atoms with Crippen LogP contribution in [0.3, 0.4) is 0 Å². The van der Waals surface area contributed by atoms with Crippen molar-refractivity contribution in [2.75, 3.05) is 11.9 Å². The van der Waals surface area contributed by atoms with E-state index < -0.39 is 17.9 Å². The monoisotopic (exact) mass is 382 g/mol. The Kier molecular flexibility index (Phi) is 4.53. The number of hydrogen-bond donors (Lipinski definition) is 1. The van der Waals surface area contributed by atoms with Crippen LogP contribution < -0.4 is 5.32 Å². The normalized spacial score (nSPS) is 28.4. The molecule has 1 aromatic carbocycles. The van der Waals surface area contributed by atoms with Gasteiger partial charge in [0.25, 0.3) is 0 Å². The predicted molar refractivity (Wildman–Crippen MR) is 100 cm³/mol. The lowest BCUT2D eigenvalue weighted by atomic mass is 9.85. The summed E-state index contributed by atoms with van der Waals surface area (Å²) in [5, 5.41) is 2.71. The van der Waals surface area contributed by atoms with Crippen molar-refractivity contribution < 1.29 is 23.9 Å². The van der Waals surface area contributed by atoms with Crippen molar-refractivity contribution in [3.05, 3.63) is 42.0 Å². The van der Waals surface area contributed by atoms with E-state index in [0.717, 1.165) is 11.3 Å². The number of carbonyl (C=O) groups is 4. The zero-order valence-corrected chi connectivity index (χ0v) is 15.8. The van der Waals surface area contributed by atoms with Crippen LogP contribution in [0.25, 0.3) is 0 Å². The minimum atomic E-state index is -0.894. The van der Waals surface area contributed by atoms with Gasteiger partial charge in [-0.25, -0.2) is 4.79 Å². The molecule has 3 aliphatic rings. The average Bonchev–Trinajstić information content (AvgIpc) is 3.36. The summed E-state index contributed by atoms with van der Waals surface area (Å²) in [6, 6.07) is 5.39. The van der Waals surface area contributed by atoms with E-state index in [1.54, 1.807) is 38.1 Å². The fraction of sp³-hybridized carbons (Fsp3) is 0.429. The summed E-state index contributed by atoms with van der Waals surface area (Å²) in [7, 11) is 0. The maximum atomic E-state index is 12.8. The van der Waals surface area contributed by atoms with E-state index in [1.165, 1.54) is 0 Å². The van der Waals surface area contributed by atoms with E-state index in [0.29, 0.717) is 11.3 Å². The lowest BCUT2D eigenvalue weighted by Gasteiger charge is -2.23. The van der Waals surface area contributed by atoms with Crippen molar-refractivity contribution in [2.45, 2.75) is 26.3 Å². The van der Waals surface area contributed by atoms with Crippen LogP contribution in [-0.4, -0.2) is 41.2 Å². The third kappa shape index (κ3) is 2.82. The number of likely N-dealkylation sites (tertiary alicyclic amines) is 1. The van der Waals surface area contributed by atoms with Crippen LogP contribution in [0.4, 0.5) is 5.69 Å². The number of esters is 1. The van der Waals surface area contributed by atoms with E-state index in [2.05, 4.69) is 5.32 Å². The fourth-order valence-electron chi connectivity index (χ4n) is 4.58. The van der Waals surface area contributed by atoms with Gasteiger partial charge in [0.15, 0.2) is 0 Å². The number of allylic oxidation sites excluding steroid dienone is 2. The van der Waals surface area contributed by atoms with Gasteiger partial charge in [-0.2, -0.15) is 0 Å². The Morgan fingerprint density at radius 3 is 2.21 bits per heavy atom. The number of amides is 3. The number of benzene rings is 1. The third-order valence-electron chi connectivity index (χ3n) is 5.93. The Balaban J connectivity index is 1.43. The number of carbonyl (C=O) groups excluding carboxylic acids is 4. The van der Waals surface area contributed by atoms with Crippen molar-refractivity contribution in [1.82, 2.24) is 4.90 Å². The number of imide groups is 1. The molecule has 7 nitrogen and oxygen atoms in total. The summed E-state index contributed by atoms with van der Waals surface area (Å²) < 4.78 is 4.92. The van der Waals surface area contributed by atoms with Gasteiger partial charge in [0.05, 0.1) is 24.0 Å². The number of anilines is 1. The van der Waals surface area contributed by atoms with Crippen molar-refractivity contribution in [2.24, 2.45) is 23.7 Å². The van der Waals surface area contributed by atoms with Crippen molar-refractivity contribution >= 4 is 29.4 Å². The molecule has 3 amide bonds. The molecule has 28 heavy (non-hydrogen) atoms. The summed E-state index contributed by atoms with van der Waals surface area (Å²) in [4.78, 5) is 51.1. The first-order valence-electron chi connectivity index (χ1n) is 9.55. The fourth-order valence-corrected chi connectivity index (χ4v) is 4.58. The molecule has 1 saturated carbocycles. The molecule has 7 heteroatoms. The van der Waals surface area contributed by atoms with Crippen LogP contribution in [0.15, 0.2) is 36.4 Å². The van der Waals surface area contributed by atoms with Crippen LogP contribution in [0, 0.1) is 23.7 Å². The molecule has 146 valence electrons. The number of nitrogens with one attached hydrogen (secondary N) is 1. The van der Waals surface area contributed by atoms with E-state index in [-0.39, 0.29) is 42.1 Å². The van der Waals surface area contributed by atoms with Crippen molar-refractivity contribution in [3.63, 3.8) is 0 Å². The maximum Gasteiger partial charge on any atom is 0.338 e. The third-order valence-corrected chi connectivity index (χ3v) is 5.93. The predicted octanol–water partition coefficient (Wildman–Crippen LogP) is 2.00. The Bertz CT molecular complexity index is 845. The smallest absolute Gasteiger partial charge is 0.338 e. The quantitative estimate of drug-likeness (QED) is 0.478. The number of rotatable bonds is 5. The van der Waals surface area contributed by atoms with Gasteiger partial charge in [-0.3, -0.25) is 19.3 Å². The molecule has 1 N–H and O–H groups in total. The largest absolute Gasteiger partial charge is 0.462 e. The van der Waals surface area contributed by atoms with E-state index in [1.807, 2.05) is 12.2 Å². The van der Waals surface area contributed by atoms with Crippen LogP contribution in [0.5, 0.6) is 0 Å². The summed E-state index contributed by atoms with van der Waals surface area (Å²) in [6.07, 6.45) is 4.90. The average molecular weight is 382 g/mol. The molecule has 0 spiro atoms. The van der Waals surface area contributed by atoms with Gasteiger partial charge in [0, 0.05) is 5.69 Å². The second-order valence-electron chi connectivity index (χ2n) is 7.51. The SMILES string of the molecule is CCOC(=O)c1ccc(NC(=O)[C@@H](C)N2C(=O)[C@@H]3[C@@H](C2=O)[C@H]2C=C[C@@H]3C2)cc1. The lowest BCUT2D eigenvalue weighted by Crippen LogP contribution is -2.46. The molecule has 0 radical (unpaired) electrons. The number of fused-ring (bicyclic) bond motifs is 5. The van der Waals surface area contributed by atoms with Crippen LogP contribution >= 0.6 is 0 Å². The molecule has 2 aliphatic carbocycles. The van der Waals surface area contributed by atoms with Gasteiger partial charge < -0.3 is 10.1 Å². The van der Waals surface area contributed by atoms with Gasteiger partial charge in [-0.05, 0) is 56.4 Å². The highest BCUT2D eigenvalue weighted by atomic mass is 16.5. The minimum absolute atomic E-state index is 0.113. The van der Waals surface area contributed by atoms with Gasteiger partial charge in [-0.1, -0.05) is 12.2 Å². The van der Waals surface area contributed by atoms with Gasteiger partial charge in [-0.15, -0.1) is 0 Å². The summed E-state index contributed by atoms with van der Waals surface area (Å²) in [5.74, 6) is -1.77. The number of hydrogen-bond acceptors (Lipinski definition) is 5. The van der Waals surface area contributed by atoms with E-state index >= 15 is 0 Å². The van der Waals surface area contributed by atoms with Crippen molar-refractivity contribution in [1.29, 1.82) is 0 Å². The number of nitrogens with zero attached hydrogens (tertiary/aromatic N) is 1. The summed E-state index contributed by atoms with van der Waals surface area (Å²) in [6.45, 7) is 3.57. The second kappa shape index (κ2) is 6.89. The second-order valence-corrected chi connectivity index (χ2v) is 7.51. The molecule has 1 heterocycles. The highest BCUT2D eigenvalue weighted by molar-refractivity contribution is 6.10.